The van der Waals surface area contributed by atoms with Crippen molar-refractivity contribution in [2.24, 2.45) is 0 Å². The first-order chi connectivity index (χ1) is 15.2. The second-order valence-corrected chi connectivity index (χ2v) is 7.20. The standard InChI is InChI=1S/C23H17ClN6O/c1-31-15-8-9-19-17(11-15)23(28-22(26-19)14-5-4-10-25-13-14)27-21-12-20(29-30-21)16-6-2-3-7-18(16)24/h2-13H,1H3,(H2,26,27,28,29,30). The van der Waals surface area contributed by atoms with Gasteiger partial charge < -0.3 is 10.1 Å². The molecule has 3 heterocycles. The molecule has 5 aromatic rings. The normalized spacial score (nSPS) is 10.9. The molecule has 7 nitrogen and oxygen atoms in total. The average molecular weight is 429 g/mol. The van der Waals surface area contributed by atoms with Crippen molar-refractivity contribution in [2.45, 2.75) is 0 Å². The van der Waals surface area contributed by atoms with Crippen LogP contribution in [0, 0.1) is 0 Å². The number of hydrogen-bond acceptors (Lipinski definition) is 6. The highest BCUT2D eigenvalue weighted by Crippen LogP contribution is 2.31. The summed E-state index contributed by atoms with van der Waals surface area (Å²) in [6, 6.07) is 18.9. The third-order valence-electron chi connectivity index (χ3n) is 4.80. The summed E-state index contributed by atoms with van der Waals surface area (Å²) in [6.45, 7) is 0. The molecule has 2 aromatic carbocycles. The minimum Gasteiger partial charge on any atom is -0.497 e. The van der Waals surface area contributed by atoms with Crippen LogP contribution in [-0.2, 0) is 0 Å². The molecule has 152 valence electrons. The highest BCUT2D eigenvalue weighted by molar-refractivity contribution is 6.33. The van der Waals surface area contributed by atoms with Crippen molar-refractivity contribution in [3.8, 4) is 28.4 Å². The molecule has 5 rings (SSSR count). The molecule has 0 atom stereocenters. The average Bonchev–Trinajstić information content (AvgIpc) is 3.28. The number of anilines is 2. The lowest BCUT2D eigenvalue weighted by Gasteiger charge is -2.11. The second kappa shape index (κ2) is 8.04. The van der Waals surface area contributed by atoms with Crippen molar-refractivity contribution in [2.75, 3.05) is 12.4 Å². The summed E-state index contributed by atoms with van der Waals surface area (Å²) in [4.78, 5) is 13.6. The number of halogens is 1. The van der Waals surface area contributed by atoms with Crippen LogP contribution in [0.2, 0.25) is 5.02 Å². The van der Waals surface area contributed by atoms with E-state index in [4.69, 9.17) is 26.3 Å². The van der Waals surface area contributed by atoms with Crippen LogP contribution >= 0.6 is 11.6 Å². The number of H-pyrrole nitrogens is 1. The molecule has 0 saturated heterocycles. The third kappa shape index (κ3) is 3.78. The first kappa shape index (κ1) is 19.0. The summed E-state index contributed by atoms with van der Waals surface area (Å²) in [5.41, 5.74) is 3.18. The van der Waals surface area contributed by atoms with Crippen molar-refractivity contribution >= 4 is 34.1 Å². The van der Waals surface area contributed by atoms with Crippen molar-refractivity contribution in [1.29, 1.82) is 0 Å². The zero-order valence-electron chi connectivity index (χ0n) is 16.5. The van der Waals surface area contributed by atoms with Gasteiger partial charge in [-0.05, 0) is 36.4 Å². The van der Waals surface area contributed by atoms with Crippen molar-refractivity contribution in [1.82, 2.24) is 25.1 Å². The quantitative estimate of drug-likeness (QED) is 0.385. The third-order valence-corrected chi connectivity index (χ3v) is 5.13. The molecule has 0 bridgehead atoms. The van der Waals surface area contributed by atoms with E-state index < -0.39 is 0 Å². The van der Waals surface area contributed by atoms with Gasteiger partial charge in [-0.15, -0.1) is 0 Å². The number of aromatic nitrogens is 5. The van der Waals surface area contributed by atoms with Crippen molar-refractivity contribution < 1.29 is 4.74 Å². The van der Waals surface area contributed by atoms with Crippen LogP contribution in [-0.4, -0.2) is 32.3 Å². The zero-order chi connectivity index (χ0) is 21.2. The van der Waals surface area contributed by atoms with E-state index in [1.54, 1.807) is 19.5 Å². The van der Waals surface area contributed by atoms with Crippen molar-refractivity contribution in [3.63, 3.8) is 0 Å². The first-order valence-corrected chi connectivity index (χ1v) is 9.92. The van der Waals surface area contributed by atoms with Gasteiger partial charge in [0.2, 0.25) is 0 Å². The summed E-state index contributed by atoms with van der Waals surface area (Å²) in [7, 11) is 1.63. The number of methoxy groups -OCH3 is 1. The predicted molar refractivity (Wildman–Crippen MR) is 122 cm³/mol. The Morgan fingerprint density at radius 2 is 1.90 bits per heavy atom. The Balaban J connectivity index is 1.59. The Bertz CT molecular complexity index is 1370. The minimum absolute atomic E-state index is 0.569. The lowest BCUT2D eigenvalue weighted by Crippen LogP contribution is -2.00. The van der Waals surface area contributed by atoms with E-state index in [9.17, 15) is 0 Å². The van der Waals surface area contributed by atoms with E-state index in [1.807, 2.05) is 60.7 Å². The maximum absolute atomic E-state index is 6.31. The van der Waals surface area contributed by atoms with E-state index >= 15 is 0 Å². The number of aromatic amines is 1. The summed E-state index contributed by atoms with van der Waals surface area (Å²) in [5, 5.41) is 12.2. The lowest BCUT2D eigenvalue weighted by molar-refractivity contribution is 0.415. The van der Waals surface area contributed by atoms with Crippen LogP contribution in [0.1, 0.15) is 0 Å². The van der Waals surface area contributed by atoms with Gasteiger partial charge in [0.1, 0.15) is 17.4 Å². The SMILES string of the molecule is COc1ccc2nc(-c3cccnc3)nc(Nc3cc(-c4ccccc4Cl)n[nH]3)c2c1. The molecule has 0 aliphatic rings. The second-order valence-electron chi connectivity index (χ2n) is 6.79. The molecule has 0 radical (unpaired) electrons. The van der Waals surface area contributed by atoms with Gasteiger partial charge in [-0.1, -0.05) is 29.8 Å². The van der Waals surface area contributed by atoms with E-state index in [2.05, 4.69) is 20.5 Å². The van der Waals surface area contributed by atoms with E-state index in [1.165, 1.54) is 0 Å². The Kier molecular flexibility index (Phi) is 4.93. The fraction of sp³-hybridized carbons (Fsp3) is 0.0435. The number of hydrogen-bond donors (Lipinski definition) is 2. The summed E-state index contributed by atoms with van der Waals surface area (Å²) < 4.78 is 5.39. The molecular formula is C23H17ClN6O. The predicted octanol–water partition coefficient (Wildman–Crippen LogP) is 5.49. The molecule has 0 fully saturated rings. The topological polar surface area (TPSA) is 88.6 Å². The van der Waals surface area contributed by atoms with Gasteiger partial charge >= 0.3 is 0 Å². The molecule has 31 heavy (non-hydrogen) atoms. The largest absolute Gasteiger partial charge is 0.497 e. The Hall–Kier alpha value is -3.97. The van der Waals surface area contributed by atoms with Crippen LogP contribution in [0.5, 0.6) is 5.75 Å². The monoisotopic (exact) mass is 428 g/mol. The maximum Gasteiger partial charge on any atom is 0.163 e. The molecule has 0 amide bonds. The molecule has 8 heteroatoms. The van der Waals surface area contributed by atoms with Gasteiger partial charge in [0.25, 0.3) is 0 Å². The lowest BCUT2D eigenvalue weighted by atomic mass is 10.1. The van der Waals surface area contributed by atoms with Crippen LogP contribution in [0.15, 0.2) is 73.1 Å². The van der Waals surface area contributed by atoms with Gasteiger partial charge in [-0.25, -0.2) is 9.97 Å². The maximum atomic E-state index is 6.31. The summed E-state index contributed by atoms with van der Waals surface area (Å²) >= 11 is 6.31. The number of nitrogens with one attached hydrogen (secondary N) is 2. The number of nitrogens with zero attached hydrogens (tertiary/aromatic N) is 4. The van der Waals surface area contributed by atoms with Crippen LogP contribution < -0.4 is 10.1 Å². The van der Waals surface area contributed by atoms with E-state index in [0.29, 0.717) is 22.5 Å². The molecular weight excluding hydrogens is 412 g/mol. The fourth-order valence-electron chi connectivity index (χ4n) is 3.27. The van der Waals surface area contributed by atoms with E-state index in [-0.39, 0.29) is 0 Å². The van der Waals surface area contributed by atoms with Crippen LogP contribution in [0.3, 0.4) is 0 Å². The molecule has 0 unspecified atom stereocenters. The zero-order valence-corrected chi connectivity index (χ0v) is 17.3. The number of benzene rings is 2. The molecule has 0 spiro atoms. The number of rotatable bonds is 5. The van der Waals surface area contributed by atoms with Crippen molar-refractivity contribution in [3.05, 3.63) is 78.1 Å². The highest BCUT2D eigenvalue weighted by Gasteiger charge is 2.13. The number of ether oxygens (including phenoxy) is 1. The van der Waals surface area contributed by atoms with Crippen LogP contribution in [0.4, 0.5) is 11.6 Å². The molecule has 0 aliphatic heterocycles. The minimum atomic E-state index is 0.569. The van der Waals surface area contributed by atoms with Gasteiger partial charge in [0.15, 0.2) is 5.82 Å². The molecule has 0 aliphatic carbocycles. The van der Waals surface area contributed by atoms with Gasteiger partial charge in [-0.3, -0.25) is 10.1 Å². The van der Waals surface area contributed by atoms with Gasteiger partial charge in [0.05, 0.1) is 23.3 Å². The van der Waals surface area contributed by atoms with Crippen LogP contribution in [0.25, 0.3) is 33.5 Å². The first-order valence-electron chi connectivity index (χ1n) is 9.55. The Labute approximate surface area is 183 Å². The smallest absolute Gasteiger partial charge is 0.163 e. The highest BCUT2D eigenvalue weighted by atomic mass is 35.5. The van der Waals surface area contributed by atoms with Gasteiger partial charge in [-0.2, -0.15) is 5.10 Å². The number of fused-ring (bicyclic) bond motifs is 1. The van der Waals surface area contributed by atoms with E-state index in [0.717, 1.165) is 33.5 Å². The number of pyridine rings is 1. The molecule has 0 saturated carbocycles. The Morgan fingerprint density at radius 3 is 2.71 bits per heavy atom. The fourth-order valence-corrected chi connectivity index (χ4v) is 3.51. The molecule has 3 aromatic heterocycles. The molecule has 2 N–H and O–H groups in total. The summed E-state index contributed by atoms with van der Waals surface area (Å²) in [6.07, 6.45) is 3.45. The summed E-state index contributed by atoms with van der Waals surface area (Å²) in [5.74, 6) is 2.58. The van der Waals surface area contributed by atoms with Gasteiger partial charge in [0, 0.05) is 35.0 Å². The Morgan fingerprint density at radius 1 is 1.00 bits per heavy atom.